The Morgan fingerprint density at radius 3 is 2.46 bits per heavy atom. The lowest BCUT2D eigenvalue weighted by Gasteiger charge is -2.10. The minimum absolute atomic E-state index is 0.231. The van der Waals surface area contributed by atoms with Crippen LogP contribution in [0.25, 0.3) is 22.2 Å². The van der Waals surface area contributed by atoms with Crippen LogP contribution in [0.3, 0.4) is 0 Å². The number of anilines is 3. The van der Waals surface area contributed by atoms with Crippen molar-refractivity contribution in [2.75, 3.05) is 17.7 Å². The number of para-hydroxylation sites is 2. The van der Waals surface area contributed by atoms with Crippen LogP contribution in [0.1, 0.15) is 0 Å². The average molecular weight is 463 g/mol. The molecule has 0 aliphatic rings. The number of nitrogens with zero attached hydrogens (tertiary/aromatic N) is 3. The molecule has 0 bridgehead atoms. The maximum Gasteiger partial charge on any atom is 0.418 e. The highest BCUT2D eigenvalue weighted by molar-refractivity contribution is 5.87. The molecule has 172 valence electrons. The maximum absolute atomic E-state index is 12.3. The normalized spacial score (nSPS) is 10.5. The zero-order valence-electron chi connectivity index (χ0n) is 18.8. The largest absolute Gasteiger partial charge is 0.496 e. The first kappa shape index (κ1) is 21.8. The third kappa shape index (κ3) is 5.17. The van der Waals surface area contributed by atoms with E-state index >= 15 is 0 Å². The Kier molecular flexibility index (Phi) is 6.17. The van der Waals surface area contributed by atoms with Gasteiger partial charge in [-0.15, -0.1) is 0 Å². The van der Waals surface area contributed by atoms with Crippen molar-refractivity contribution in [3.8, 4) is 22.9 Å². The lowest BCUT2D eigenvalue weighted by Crippen LogP contribution is -2.17. The number of fused-ring (bicyclic) bond motifs is 1. The van der Waals surface area contributed by atoms with Crippen molar-refractivity contribution in [2.24, 2.45) is 0 Å². The molecule has 5 rings (SSSR count). The number of carbonyl (C=O) groups is 1. The van der Waals surface area contributed by atoms with Gasteiger partial charge in [0, 0.05) is 34.5 Å². The minimum Gasteiger partial charge on any atom is -0.496 e. The Morgan fingerprint density at radius 2 is 1.60 bits per heavy atom. The summed E-state index contributed by atoms with van der Waals surface area (Å²) >= 11 is 0. The molecular formula is C27H21N5O3. The zero-order chi connectivity index (χ0) is 24.0. The van der Waals surface area contributed by atoms with Crippen molar-refractivity contribution in [3.63, 3.8) is 0 Å². The summed E-state index contributed by atoms with van der Waals surface area (Å²) < 4.78 is 10.8. The van der Waals surface area contributed by atoms with Gasteiger partial charge in [0.1, 0.15) is 17.9 Å². The zero-order valence-corrected chi connectivity index (χ0v) is 18.8. The first-order valence-electron chi connectivity index (χ1n) is 10.8. The van der Waals surface area contributed by atoms with E-state index in [1.165, 1.54) is 6.33 Å². The predicted octanol–water partition coefficient (Wildman–Crippen LogP) is 6.05. The van der Waals surface area contributed by atoms with E-state index in [9.17, 15) is 4.79 Å². The number of carbonyl (C=O) groups excluding carboxylic acids is 1. The van der Waals surface area contributed by atoms with E-state index in [1.807, 2.05) is 72.8 Å². The molecule has 8 heteroatoms. The number of aromatic nitrogens is 3. The molecule has 0 atom stereocenters. The summed E-state index contributed by atoms with van der Waals surface area (Å²) in [5.74, 6) is 1.59. The van der Waals surface area contributed by atoms with Crippen molar-refractivity contribution < 1.29 is 14.3 Å². The van der Waals surface area contributed by atoms with Gasteiger partial charge in [0.2, 0.25) is 5.88 Å². The lowest BCUT2D eigenvalue weighted by atomic mass is 10.1. The summed E-state index contributed by atoms with van der Waals surface area (Å²) in [6, 6.07) is 27.8. The number of benzene rings is 3. The standard InChI is InChI=1S/C27H21N5O3/c1-34-24-9-5-3-7-21(24)23-16-25(29-17-28-23)30-19-11-13-20(14-12-19)31-27(33)35-26-15-10-18-6-2-4-8-22(18)32-26/h2-17H,1H3,(H,31,33)(H,28,29,30). The van der Waals surface area contributed by atoms with Gasteiger partial charge >= 0.3 is 6.09 Å². The Labute approximate surface area is 201 Å². The molecule has 8 nitrogen and oxygen atoms in total. The fourth-order valence-corrected chi connectivity index (χ4v) is 3.56. The highest BCUT2D eigenvalue weighted by Gasteiger charge is 2.09. The molecule has 0 saturated heterocycles. The second-order valence-electron chi connectivity index (χ2n) is 7.55. The van der Waals surface area contributed by atoms with Gasteiger partial charge < -0.3 is 14.8 Å². The highest BCUT2D eigenvalue weighted by Crippen LogP contribution is 2.29. The van der Waals surface area contributed by atoms with Crippen LogP contribution in [-0.4, -0.2) is 28.2 Å². The van der Waals surface area contributed by atoms with Crippen molar-refractivity contribution in [1.29, 1.82) is 0 Å². The van der Waals surface area contributed by atoms with E-state index in [0.29, 0.717) is 11.5 Å². The molecule has 0 aliphatic heterocycles. The van der Waals surface area contributed by atoms with Crippen LogP contribution in [0.4, 0.5) is 22.0 Å². The van der Waals surface area contributed by atoms with Gasteiger partial charge in [-0.25, -0.2) is 19.7 Å². The number of hydrogen-bond acceptors (Lipinski definition) is 7. The van der Waals surface area contributed by atoms with Crippen LogP contribution in [0.5, 0.6) is 11.6 Å². The van der Waals surface area contributed by atoms with Crippen LogP contribution in [-0.2, 0) is 0 Å². The van der Waals surface area contributed by atoms with Gasteiger partial charge in [0.15, 0.2) is 0 Å². The molecule has 0 saturated carbocycles. The number of hydrogen-bond donors (Lipinski definition) is 2. The molecule has 0 radical (unpaired) electrons. The molecular weight excluding hydrogens is 442 g/mol. The van der Waals surface area contributed by atoms with Gasteiger partial charge in [-0.3, -0.25) is 5.32 Å². The number of amides is 1. The van der Waals surface area contributed by atoms with Crippen LogP contribution in [0.2, 0.25) is 0 Å². The predicted molar refractivity (Wildman–Crippen MR) is 135 cm³/mol. The van der Waals surface area contributed by atoms with Gasteiger partial charge in [-0.2, -0.15) is 0 Å². The van der Waals surface area contributed by atoms with Crippen molar-refractivity contribution in [3.05, 3.63) is 97.3 Å². The molecule has 3 aromatic carbocycles. The number of ether oxygens (including phenoxy) is 2. The third-order valence-corrected chi connectivity index (χ3v) is 5.22. The summed E-state index contributed by atoms with van der Waals surface area (Å²) in [7, 11) is 1.63. The summed E-state index contributed by atoms with van der Waals surface area (Å²) in [5, 5.41) is 6.92. The quantitative estimate of drug-likeness (QED) is 0.316. The fraction of sp³-hybridized carbons (Fsp3) is 0.0370. The minimum atomic E-state index is -0.620. The topological polar surface area (TPSA) is 98.3 Å². The third-order valence-electron chi connectivity index (χ3n) is 5.22. The maximum atomic E-state index is 12.3. The summed E-state index contributed by atoms with van der Waals surface area (Å²) in [6.07, 6.45) is 0.877. The second-order valence-corrected chi connectivity index (χ2v) is 7.55. The molecule has 2 aromatic heterocycles. The molecule has 35 heavy (non-hydrogen) atoms. The smallest absolute Gasteiger partial charge is 0.418 e. The van der Waals surface area contributed by atoms with Gasteiger partial charge in [-0.05, 0) is 48.5 Å². The Balaban J connectivity index is 1.23. The van der Waals surface area contributed by atoms with Crippen molar-refractivity contribution >= 4 is 34.2 Å². The molecule has 2 heterocycles. The highest BCUT2D eigenvalue weighted by atomic mass is 16.6. The van der Waals surface area contributed by atoms with Gasteiger partial charge in [-0.1, -0.05) is 30.3 Å². The lowest BCUT2D eigenvalue weighted by molar-refractivity contribution is 0.213. The molecule has 0 spiro atoms. The number of methoxy groups -OCH3 is 1. The second kappa shape index (κ2) is 9.88. The average Bonchev–Trinajstić information content (AvgIpc) is 2.90. The Bertz CT molecular complexity index is 1490. The Hall–Kier alpha value is -4.98. The fourth-order valence-electron chi connectivity index (χ4n) is 3.56. The molecule has 0 unspecified atom stereocenters. The van der Waals surface area contributed by atoms with E-state index in [0.717, 1.165) is 33.6 Å². The molecule has 5 aromatic rings. The van der Waals surface area contributed by atoms with Crippen LogP contribution < -0.4 is 20.1 Å². The first-order chi connectivity index (χ1) is 17.2. The Morgan fingerprint density at radius 1 is 0.829 bits per heavy atom. The van der Waals surface area contributed by atoms with E-state index in [-0.39, 0.29) is 5.88 Å². The number of nitrogens with one attached hydrogen (secondary N) is 2. The summed E-state index contributed by atoms with van der Waals surface area (Å²) in [6.45, 7) is 0. The van der Waals surface area contributed by atoms with Gasteiger partial charge in [0.25, 0.3) is 0 Å². The van der Waals surface area contributed by atoms with E-state index in [4.69, 9.17) is 9.47 Å². The molecule has 2 N–H and O–H groups in total. The van der Waals surface area contributed by atoms with E-state index < -0.39 is 6.09 Å². The summed E-state index contributed by atoms with van der Waals surface area (Å²) in [4.78, 5) is 25.3. The van der Waals surface area contributed by atoms with Gasteiger partial charge in [0.05, 0.1) is 18.3 Å². The SMILES string of the molecule is COc1ccccc1-c1cc(Nc2ccc(NC(=O)Oc3ccc4ccccc4n3)cc2)ncn1. The van der Waals surface area contributed by atoms with Crippen LogP contribution in [0.15, 0.2) is 97.3 Å². The van der Waals surface area contributed by atoms with Crippen LogP contribution >= 0.6 is 0 Å². The number of pyridine rings is 1. The first-order valence-corrected chi connectivity index (χ1v) is 10.8. The molecule has 0 aliphatic carbocycles. The van der Waals surface area contributed by atoms with Crippen LogP contribution in [0, 0.1) is 0 Å². The molecule has 1 amide bonds. The monoisotopic (exact) mass is 463 g/mol. The number of rotatable bonds is 6. The summed E-state index contributed by atoms with van der Waals surface area (Å²) in [5.41, 5.74) is 3.75. The van der Waals surface area contributed by atoms with Crippen molar-refractivity contribution in [1.82, 2.24) is 15.0 Å². The van der Waals surface area contributed by atoms with Crippen molar-refractivity contribution in [2.45, 2.75) is 0 Å². The van der Waals surface area contributed by atoms with E-state index in [1.54, 1.807) is 25.3 Å². The molecule has 0 fully saturated rings. The van der Waals surface area contributed by atoms with E-state index in [2.05, 4.69) is 25.6 Å².